The molecule has 0 aliphatic carbocycles. The maximum absolute atomic E-state index is 13.4. The minimum atomic E-state index is -0.309. The van der Waals surface area contributed by atoms with E-state index < -0.39 is 0 Å². The maximum atomic E-state index is 13.4. The van der Waals surface area contributed by atoms with Crippen molar-refractivity contribution in [2.45, 2.75) is 26.3 Å². The fourth-order valence-corrected chi connectivity index (χ4v) is 4.45. The van der Waals surface area contributed by atoms with Crippen LogP contribution in [0, 0.1) is 0 Å². The normalized spacial score (nSPS) is 12.6. The van der Waals surface area contributed by atoms with Crippen molar-refractivity contribution < 1.29 is 0 Å². The van der Waals surface area contributed by atoms with Crippen LogP contribution in [-0.2, 0) is 0 Å². The van der Waals surface area contributed by atoms with E-state index in [0.29, 0.717) is 26.6 Å². The van der Waals surface area contributed by atoms with Gasteiger partial charge in [-0.1, -0.05) is 42.8 Å². The first-order valence-electron chi connectivity index (χ1n) is 8.76. The predicted molar refractivity (Wildman–Crippen MR) is 113 cm³/mol. The van der Waals surface area contributed by atoms with E-state index in [9.17, 15) is 9.59 Å². The van der Waals surface area contributed by atoms with E-state index in [0.717, 1.165) is 11.1 Å². The molecule has 0 bridgehead atoms. The van der Waals surface area contributed by atoms with Crippen LogP contribution in [0.25, 0.3) is 31.7 Å². The second kappa shape index (κ2) is 6.91. The Labute approximate surface area is 164 Å². The summed E-state index contributed by atoms with van der Waals surface area (Å²) in [5.74, 6) is 0.499. The lowest BCUT2D eigenvalue weighted by molar-refractivity contribution is 0.517. The van der Waals surface area contributed by atoms with Gasteiger partial charge >= 0.3 is 0 Å². The zero-order chi connectivity index (χ0) is 19.1. The third-order valence-corrected chi connectivity index (χ3v) is 6.19. The van der Waals surface area contributed by atoms with Crippen LogP contribution < -0.4 is 11.0 Å². The summed E-state index contributed by atoms with van der Waals surface area (Å²) in [6.45, 7) is 3.95. The lowest BCUT2D eigenvalue weighted by atomic mass is 10.1. The summed E-state index contributed by atoms with van der Waals surface area (Å²) in [5.41, 5.74) is 0.113. The Balaban J connectivity index is 2.21. The molecule has 0 N–H and O–H groups in total. The van der Waals surface area contributed by atoms with Crippen molar-refractivity contribution in [2.24, 2.45) is 0 Å². The summed E-state index contributed by atoms with van der Waals surface area (Å²) >= 11 is 7.75. The second-order valence-corrected chi connectivity index (χ2v) is 7.89. The standard InChI is InChI=1S/C21H17ClN2O2S/c1-3-12(2)24-19(13-8-4-6-10-15(13)22)23-20-17(21(24)26)18(25)14-9-5-7-11-16(14)27-20/h4-12H,3H2,1-2H3/t12-/m0/s1. The summed E-state index contributed by atoms with van der Waals surface area (Å²) in [6.07, 6.45) is 0.732. The Kier molecular flexibility index (Phi) is 4.58. The van der Waals surface area contributed by atoms with Gasteiger partial charge in [-0.15, -0.1) is 11.3 Å². The van der Waals surface area contributed by atoms with Crippen molar-refractivity contribution in [2.75, 3.05) is 0 Å². The highest BCUT2D eigenvalue weighted by atomic mass is 35.5. The molecule has 4 rings (SSSR count). The van der Waals surface area contributed by atoms with Gasteiger partial charge in [0.1, 0.15) is 16.0 Å². The summed E-state index contributed by atoms with van der Waals surface area (Å²) < 4.78 is 2.42. The van der Waals surface area contributed by atoms with E-state index in [2.05, 4.69) is 0 Å². The highest BCUT2D eigenvalue weighted by molar-refractivity contribution is 7.24. The smallest absolute Gasteiger partial charge is 0.266 e. The molecular formula is C21H17ClN2O2S. The number of rotatable bonds is 3. The van der Waals surface area contributed by atoms with Crippen LogP contribution >= 0.6 is 22.9 Å². The van der Waals surface area contributed by atoms with Crippen LogP contribution in [0.4, 0.5) is 0 Å². The molecule has 0 fully saturated rings. The SMILES string of the molecule is CC[C@H](C)n1c(-c2ccccc2Cl)nc2sc3ccccc3c(=O)c2c1=O. The third-order valence-electron chi connectivity index (χ3n) is 4.79. The van der Waals surface area contributed by atoms with Gasteiger partial charge in [-0.2, -0.15) is 0 Å². The van der Waals surface area contributed by atoms with Crippen molar-refractivity contribution in [3.05, 3.63) is 74.1 Å². The molecule has 0 unspecified atom stereocenters. The highest BCUT2D eigenvalue weighted by Crippen LogP contribution is 2.30. The zero-order valence-corrected chi connectivity index (χ0v) is 16.5. The van der Waals surface area contributed by atoms with Crippen molar-refractivity contribution in [3.8, 4) is 11.4 Å². The van der Waals surface area contributed by atoms with E-state index in [1.54, 1.807) is 22.8 Å². The average molecular weight is 397 g/mol. The third kappa shape index (κ3) is 2.87. The van der Waals surface area contributed by atoms with Gasteiger partial charge in [0.05, 0.1) is 5.02 Å². The van der Waals surface area contributed by atoms with Gasteiger partial charge < -0.3 is 0 Å². The molecule has 2 aromatic heterocycles. The Morgan fingerprint density at radius 1 is 1.11 bits per heavy atom. The lowest BCUT2D eigenvalue weighted by Gasteiger charge is -2.19. The number of nitrogens with zero attached hydrogens (tertiary/aromatic N) is 2. The topological polar surface area (TPSA) is 52.0 Å². The molecule has 2 aromatic carbocycles. The number of benzene rings is 2. The molecule has 0 radical (unpaired) electrons. The molecular weight excluding hydrogens is 380 g/mol. The van der Waals surface area contributed by atoms with Gasteiger partial charge in [0.15, 0.2) is 0 Å². The molecule has 0 saturated carbocycles. The molecule has 0 amide bonds. The van der Waals surface area contributed by atoms with Crippen LogP contribution in [0.15, 0.2) is 58.1 Å². The molecule has 27 heavy (non-hydrogen) atoms. The quantitative estimate of drug-likeness (QED) is 0.443. The Morgan fingerprint density at radius 3 is 2.56 bits per heavy atom. The van der Waals surface area contributed by atoms with Crippen molar-refractivity contribution >= 4 is 43.2 Å². The predicted octanol–water partition coefficient (Wildman–Crippen LogP) is 5.26. The van der Waals surface area contributed by atoms with Gasteiger partial charge in [0.25, 0.3) is 5.56 Å². The summed E-state index contributed by atoms with van der Waals surface area (Å²) in [7, 11) is 0. The Morgan fingerprint density at radius 2 is 1.81 bits per heavy atom. The maximum Gasteiger partial charge on any atom is 0.266 e. The molecule has 0 aliphatic heterocycles. The number of hydrogen-bond acceptors (Lipinski definition) is 4. The molecule has 6 heteroatoms. The van der Waals surface area contributed by atoms with Gasteiger partial charge in [-0.25, -0.2) is 4.98 Å². The van der Waals surface area contributed by atoms with Gasteiger partial charge in [-0.05, 0) is 37.6 Å². The highest BCUT2D eigenvalue weighted by Gasteiger charge is 2.21. The number of hydrogen-bond donors (Lipinski definition) is 0. The van der Waals surface area contributed by atoms with E-state index >= 15 is 0 Å². The monoisotopic (exact) mass is 396 g/mol. The summed E-state index contributed by atoms with van der Waals surface area (Å²) in [5, 5.41) is 1.22. The fraction of sp³-hybridized carbons (Fsp3) is 0.190. The van der Waals surface area contributed by atoms with E-state index in [1.807, 2.05) is 44.2 Å². The van der Waals surface area contributed by atoms with Crippen molar-refractivity contribution in [1.29, 1.82) is 0 Å². The first kappa shape index (κ1) is 17.9. The lowest BCUT2D eigenvalue weighted by Crippen LogP contribution is -2.29. The van der Waals surface area contributed by atoms with E-state index in [4.69, 9.17) is 16.6 Å². The molecule has 4 aromatic rings. The summed E-state index contributed by atoms with van der Waals surface area (Å²) in [6, 6.07) is 14.5. The second-order valence-electron chi connectivity index (χ2n) is 6.46. The zero-order valence-electron chi connectivity index (χ0n) is 14.9. The minimum Gasteiger partial charge on any atom is -0.289 e. The minimum absolute atomic E-state index is 0.114. The molecule has 4 nitrogen and oxygen atoms in total. The van der Waals surface area contributed by atoms with Crippen molar-refractivity contribution in [1.82, 2.24) is 9.55 Å². The number of fused-ring (bicyclic) bond motifs is 2. The molecule has 0 saturated heterocycles. The van der Waals surface area contributed by atoms with Crippen LogP contribution in [0.2, 0.25) is 5.02 Å². The van der Waals surface area contributed by atoms with Gasteiger partial charge in [0, 0.05) is 21.7 Å². The van der Waals surface area contributed by atoms with Gasteiger partial charge in [-0.3, -0.25) is 14.2 Å². The molecule has 0 spiro atoms. The largest absolute Gasteiger partial charge is 0.289 e. The fourth-order valence-electron chi connectivity index (χ4n) is 3.19. The van der Waals surface area contributed by atoms with Crippen LogP contribution in [0.1, 0.15) is 26.3 Å². The Hall–Kier alpha value is -2.50. The molecule has 2 heterocycles. The van der Waals surface area contributed by atoms with Crippen LogP contribution in [0.5, 0.6) is 0 Å². The van der Waals surface area contributed by atoms with E-state index in [1.165, 1.54) is 11.3 Å². The van der Waals surface area contributed by atoms with E-state index in [-0.39, 0.29) is 22.4 Å². The Bertz CT molecular complexity index is 1290. The molecule has 0 aliphatic rings. The first-order chi connectivity index (χ1) is 13.0. The molecule has 136 valence electrons. The average Bonchev–Trinajstić information content (AvgIpc) is 2.67. The number of halogens is 1. The van der Waals surface area contributed by atoms with Crippen LogP contribution in [0.3, 0.4) is 0 Å². The van der Waals surface area contributed by atoms with Crippen molar-refractivity contribution in [3.63, 3.8) is 0 Å². The first-order valence-corrected chi connectivity index (χ1v) is 9.95. The van der Waals surface area contributed by atoms with Gasteiger partial charge in [0.2, 0.25) is 5.43 Å². The van der Waals surface area contributed by atoms with Crippen LogP contribution in [-0.4, -0.2) is 9.55 Å². The molecule has 1 atom stereocenters. The number of aromatic nitrogens is 2. The summed E-state index contributed by atoms with van der Waals surface area (Å²) in [4.78, 5) is 31.6.